The molecule has 0 atom stereocenters. The van der Waals surface area contributed by atoms with Crippen LogP contribution in [0.1, 0.15) is 31.5 Å². The Morgan fingerprint density at radius 1 is 1.24 bits per heavy atom. The van der Waals surface area contributed by atoms with E-state index in [-0.39, 0.29) is 5.82 Å². The lowest BCUT2D eigenvalue weighted by Gasteiger charge is -2.11. The van der Waals surface area contributed by atoms with Crippen LogP contribution < -0.4 is 10.6 Å². The van der Waals surface area contributed by atoms with Crippen molar-refractivity contribution in [2.24, 2.45) is 0 Å². The Kier molecular flexibility index (Phi) is 4.05. The monoisotopic (exact) mass is 350 g/mol. The predicted molar refractivity (Wildman–Crippen MR) is 85.6 cm³/mol. The van der Waals surface area contributed by atoms with Crippen LogP contribution >= 0.6 is 15.9 Å². The topological polar surface area (TPSA) is 49.8 Å². The number of nitrogens with one attached hydrogen (secondary N) is 2. The molecule has 110 valence electrons. The van der Waals surface area contributed by atoms with Crippen LogP contribution in [0.15, 0.2) is 28.7 Å². The van der Waals surface area contributed by atoms with Gasteiger partial charge in [0.25, 0.3) is 0 Å². The molecule has 3 rings (SSSR count). The predicted octanol–water partition coefficient (Wildman–Crippen LogP) is 4.43. The lowest BCUT2D eigenvalue weighted by atomic mass is 10.3. The van der Waals surface area contributed by atoms with Crippen molar-refractivity contribution < 1.29 is 4.39 Å². The zero-order valence-electron chi connectivity index (χ0n) is 11.7. The molecule has 1 fully saturated rings. The molecule has 21 heavy (non-hydrogen) atoms. The summed E-state index contributed by atoms with van der Waals surface area (Å²) in [6.45, 7) is 2.84. The van der Waals surface area contributed by atoms with Crippen molar-refractivity contribution in [1.82, 2.24) is 9.97 Å². The molecule has 1 aliphatic rings. The minimum atomic E-state index is -0.276. The second kappa shape index (κ2) is 5.97. The third-order valence-corrected chi connectivity index (χ3v) is 3.89. The van der Waals surface area contributed by atoms with Crippen LogP contribution in [0.2, 0.25) is 0 Å². The summed E-state index contributed by atoms with van der Waals surface area (Å²) >= 11 is 3.35. The van der Waals surface area contributed by atoms with E-state index in [1.165, 1.54) is 12.1 Å². The van der Waals surface area contributed by atoms with Gasteiger partial charge in [-0.3, -0.25) is 0 Å². The maximum Gasteiger partial charge on any atom is 0.136 e. The van der Waals surface area contributed by atoms with Gasteiger partial charge in [-0.15, -0.1) is 0 Å². The van der Waals surface area contributed by atoms with Crippen LogP contribution in [-0.2, 0) is 0 Å². The molecule has 0 spiro atoms. The normalized spacial score (nSPS) is 14.0. The van der Waals surface area contributed by atoms with Crippen molar-refractivity contribution in [3.05, 3.63) is 40.4 Å². The minimum absolute atomic E-state index is 0.276. The zero-order valence-corrected chi connectivity index (χ0v) is 13.2. The Balaban J connectivity index is 1.89. The number of benzene rings is 1. The van der Waals surface area contributed by atoms with Crippen molar-refractivity contribution in [1.29, 1.82) is 0 Å². The number of hydrogen-bond acceptors (Lipinski definition) is 4. The molecular weight excluding hydrogens is 335 g/mol. The van der Waals surface area contributed by atoms with Crippen molar-refractivity contribution in [3.63, 3.8) is 0 Å². The molecule has 0 amide bonds. The third-order valence-electron chi connectivity index (χ3n) is 3.24. The molecule has 0 saturated heterocycles. The van der Waals surface area contributed by atoms with Crippen LogP contribution in [0.5, 0.6) is 0 Å². The molecule has 1 aliphatic carbocycles. The Bertz CT molecular complexity index is 658. The van der Waals surface area contributed by atoms with Crippen LogP contribution in [0, 0.1) is 5.82 Å². The highest BCUT2D eigenvalue weighted by Gasteiger charge is 2.27. The Morgan fingerprint density at radius 2 is 2.00 bits per heavy atom. The number of rotatable bonds is 5. The highest BCUT2D eigenvalue weighted by Crippen LogP contribution is 2.39. The van der Waals surface area contributed by atoms with Gasteiger partial charge in [-0.25, -0.2) is 14.4 Å². The molecule has 1 aromatic heterocycles. The summed E-state index contributed by atoms with van der Waals surface area (Å²) in [5, 5.41) is 6.43. The second-order valence-corrected chi connectivity index (χ2v) is 5.90. The van der Waals surface area contributed by atoms with Crippen LogP contribution in [0.25, 0.3) is 0 Å². The van der Waals surface area contributed by atoms with Crippen molar-refractivity contribution in [2.45, 2.75) is 25.7 Å². The molecule has 6 heteroatoms. The molecular formula is C15H16BrFN4. The maximum absolute atomic E-state index is 13.1. The minimum Gasteiger partial charge on any atom is -0.370 e. The molecule has 1 saturated carbocycles. The van der Waals surface area contributed by atoms with E-state index in [0.29, 0.717) is 10.4 Å². The lowest BCUT2D eigenvalue weighted by molar-refractivity contribution is 0.627. The van der Waals surface area contributed by atoms with Gasteiger partial charge in [0.05, 0.1) is 5.69 Å². The molecule has 2 aromatic rings. The zero-order chi connectivity index (χ0) is 14.8. The summed E-state index contributed by atoms with van der Waals surface area (Å²) in [5.74, 6) is 2.60. The number of halogens is 2. The van der Waals surface area contributed by atoms with Gasteiger partial charge in [0.15, 0.2) is 0 Å². The number of hydrogen-bond donors (Lipinski definition) is 2. The average molecular weight is 351 g/mol. The fourth-order valence-corrected chi connectivity index (χ4v) is 2.50. The summed E-state index contributed by atoms with van der Waals surface area (Å²) in [7, 11) is 0. The van der Waals surface area contributed by atoms with Gasteiger partial charge < -0.3 is 10.6 Å². The highest BCUT2D eigenvalue weighted by atomic mass is 79.9. The van der Waals surface area contributed by atoms with Crippen LogP contribution in [0.3, 0.4) is 0 Å². The van der Waals surface area contributed by atoms with Gasteiger partial charge in [0.2, 0.25) is 0 Å². The van der Waals surface area contributed by atoms with Gasteiger partial charge >= 0.3 is 0 Å². The molecule has 4 nitrogen and oxygen atoms in total. The maximum atomic E-state index is 13.1. The van der Waals surface area contributed by atoms with Gasteiger partial charge in [-0.05, 0) is 53.9 Å². The Labute approximate surface area is 131 Å². The quantitative estimate of drug-likeness (QED) is 0.837. The molecule has 1 aromatic carbocycles. The van der Waals surface area contributed by atoms with Gasteiger partial charge in [0.1, 0.15) is 23.3 Å². The van der Waals surface area contributed by atoms with E-state index >= 15 is 0 Å². The first-order valence-corrected chi connectivity index (χ1v) is 7.80. The lowest BCUT2D eigenvalue weighted by Crippen LogP contribution is -2.05. The van der Waals surface area contributed by atoms with E-state index in [1.807, 2.05) is 13.0 Å². The van der Waals surface area contributed by atoms with E-state index in [2.05, 4.69) is 36.5 Å². The molecule has 2 N–H and O–H groups in total. The molecule has 0 bridgehead atoms. The first-order valence-electron chi connectivity index (χ1n) is 7.00. The van der Waals surface area contributed by atoms with E-state index in [0.717, 1.165) is 42.5 Å². The number of aromatic nitrogens is 2. The van der Waals surface area contributed by atoms with Gasteiger partial charge in [0, 0.05) is 23.0 Å². The van der Waals surface area contributed by atoms with Crippen molar-refractivity contribution >= 4 is 33.3 Å². The highest BCUT2D eigenvalue weighted by molar-refractivity contribution is 9.10. The SMILES string of the molecule is CCNc1cc(Nc2ccc(F)cc2Br)nc(C2CC2)n1. The first kappa shape index (κ1) is 14.3. The first-order chi connectivity index (χ1) is 10.2. The molecule has 0 unspecified atom stereocenters. The second-order valence-electron chi connectivity index (χ2n) is 5.05. The van der Waals surface area contributed by atoms with Crippen LogP contribution in [-0.4, -0.2) is 16.5 Å². The van der Waals surface area contributed by atoms with E-state index in [1.54, 1.807) is 6.07 Å². The van der Waals surface area contributed by atoms with Gasteiger partial charge in [-0.2, -0.15) is 0 Å². The summed E-state index contributed by atoms with van der Waals surface area (Å²) in [6.07, 6.45) is 2.30. The van der Waals surface area contributed by atoms with Gasteiger partial charge in [-0.1, -0.05) is 0 Å². The summed E-state index contributed by atoms with van der Waals surface area (Å²) < 4.78 is 13.8. The smallest absolute Gasteiger partial charge is 0.136 e. The number of anilines is 3. The standard InChI is InChI=1S/C15H16BrFN4/c1-2-18-13-8-14(21-15(20-13)9-3-4-9)19-12-6-5-10(17)7-11(12)16/h5-9H,2-4H2,1H3,(H2,18,19,20,21). The fourth-order valence-electron chi connectivity index (χ4n) is 2.05. The summed E-state index contributed by atoms with van der Waals surface area (Å²) in [6, 6.07) is 6.40. The molecule has 0 aliphatic heterocycles. The Hall–Kier alpha value is -1.69. The van der Waals surface area contributed by atoms with Crippen molar-refractivity contribution in [3.8, 4) is 0 Å². The fraction of sp³-hybridized carbons (Fsp3) is 0.333. The Morgan fingerprint density at radius 3 is 2.67 bits per heavy atom. The van der Waals surface area contributed by atoms with E-state index < -0.39 is 0 Å². The third kappa shape index (κ3) is 3.50. The molecule has 0 radical (unpaired) electrons. The summed E-state index contributed by atoms with van der Waals surface area (Å²) in [5.41, 5.74) is 0.777. The molecule has 1 heterocycles. The number of nitrogens with zero attached hydrogens (tertiary/aromatic N) is 2. The van der Waals surface area contributed by atoms with Crippen LogP contribution in [0.4, 0.5) is 21.7 Å². The average Bonchev–Trinajstić information content (AvgIpc) is 3.27. The largest absolute Gasteiger partial charge is 0.370 e. The van der Waals surface area contributed by atoms with E-state index in [9.17, 15) is 4.39 Å². The van der Waals surface area contributed by atoms with Crippen molar-refractivity contribution in [2.75, 3.05) is 17.2 Å². The summed E-state index contributed by atoms with van der Waals surface area (Å²) in [4.78, 5) is 9.09. The van der Waals surface area contributed by atoms with E-state index in [4.69, 9.17) is 0 Å².